The summed E-state index contributed by atoms with van der Waals surface area (Å²) in [6.07, 6.45) is 10.3. The monoisotopic (exact) mass is 242 g/mol. The number of carbonyl (C=O) groups is 1. The number of Topliss-reactive ketones (excluding diaryl/α,β-unsaturated/α-hetero) is 1. The number of rotatable bonds is 4. The van der Waals surface area contributed by atoms with Crippen molar-refractivity contribution in [2.45, 2.75) is 13.8 Å². The molecular formula is C15H14O3. The number of hydrogen-bond donors (Lipinski definition) is 0. The van der Waals surface area contributed by atoms with Crippen molar-refractivity contribution in [3.8, 4) is 0 Å². The summed E-state index contributed by atoms with van der Waals surface area (Å²) in [5, 5.41) is 0. The molecule has 2 aromatic heterocycles. The van der Waals surface area contributed by atoms with E-state index in [4.69, 9.17) is 8.83 Å². The molecule has 2 aromatic rings. The first-order valence-electron chi connectivity index (χ1n) is 5.64. The molecule has 3 heteroatoms. The lowest BCUT2D eigenvalue weighted by Crippen LogP contribution is -1.97. The summed E-state index contributed by atoms with van der Waals surface area (Å²) in [4.78, 5) is 11.9. The van der Waals surface area contributed by atoms with Crippen molar-refractivity contribution in [2.24, 2.45) is 0 Å². The van der Waals surface area contributed by atoms with Crippen molar-refractivity contribution in [2.75, 3.05) is 0 Å². The van der Waals surface area contributed by atoms with Gasteiger partial charge < -0.3 is 8.83 Å². The van der Waals surface area contributed by atoms with Crippen molar-refractivity contribution < 1.29 is 13.6 Å². The normalized spacial score (nSPS) is 12.2. The third-order valence-electron chi connectivity index (χ3n) is 2.49. The van der Waals surface area contributed by atoms with Crippen LogP contribution in [0.3, 0.4) is 0 Å². The molecule has 0 aliphatic rings. The molecule has 0 bridgehead atoms. The molecule has 92 valence electrons. The Hall–Kier alpha value is -2.29. The Bertz CT molecular complexity index is 583. The Morgan fingerprint density at radius 1 is 1.33 bits per heavy atom. The van der Waals surface area contributed by atoms with Gasteiger partial charge in [-0.25, -0.2) is 0 Å². The molecule has 0 saturated heterocycles. The van der Waals surface area contributed by atoms with Crippen molar-refractivity contribution in [1.29, 1.82) is 0 Å². The third-order valence-corrected chi connectivity index (χ3v) is 2.49. The van der Waals surface area contributed by atoms with E-state index in [9.17, 15) is 4.79 Å². The maximum absolute atomic E-state index is 11.9. The van der Waals surface area contributed by atoms with Crippen LogP contribution in [-0.2, 0) is 0 Å². The molecule has 0 fully saturated rings. The van der Waals surface area contributed by atoms with E-state index in [0.717, 1.165) is 11.1 Å². The van der Waals surface area contributed by atoms with Gasteiger partial charge in [0.15, 0.2) is 5.76 Å². The van der Waals surface area contributed by atoms with E-state index in [0.29, 0.717) is 11.3 Å². The molecule has 0 saturated carbocycles. The molecule has 0 unspecified atom stereocenters. The third kappa shape index (κ3) is 2.88. The Labute approximate surface area is 105 Å². The zero-order chi connectivity index (χ0) is 13.0. The highest BCUT2D eigenvalue weighted by atomic mass is 16.3. The second-order valence-corrected chi connectivity index (χ2v) is 4.08. The molecule has 0 radical (unpaired) electrons. The summed E-state index contributed by atoms with van der Waals surface area (Å²) >= 11 is 0. The average Bonchev–Trinajstić information content (AvgIpc) is 2.99. The predicted octanol–water partition coefficient (Wildman–Crippen LogP) is 4.02. The minimum Gasteiger partial charge on any atom is -0.472 e. The average molecular weight is 242 g/mol. The van der Waals surface area contributed by atoms with Gasteiger partial charge in [-0.15, -0.1) is 0 Å². The van der Waals surface area contributed by atoms with Crippen molar-refractivity contribution >= 4 is 11.9 Å². The van der Waals surface area contributed by atoms with Gasteiger partial charge >= 0.3 is 0 Å². The quantitative estimate of drug-likeness (QED) is 0.462. The highest BCUT2D eigenvalue weighted by Gasteiger charge is 2.11. The van der Waals surface area contributed by atoms with Crippen LogP contribution in [0.5, 0.6) is 0 Å². The largest absolute Gasteiger partial charge is 0.472 e. The Morgan fingerprint density at radius 3 is 2.78 bits per heavy atom. The Kier molecular flexibility index (Phi) is 3.63. The van der Waals surface area contributed by atoms with Crippen LogP contribution in [0.15, 0.2) is 57.5 Å². The van der Waals surface area contributed by atoms with Crippen LogP contribution in [0.2, 0.25) is 0 Å². The summed E-state index contributed by atoms with van der Waals surface area (Å²) in [7, 11) is 0. The topological polar surface area (TPSA) is 43.4 Å². The van der Waals surface area contributed by atoms with Crippen LogP contribution in [0.1, 0.15) is 28.6 Å². The van der Waals surface area contributed by atoms with Gasteiger partial charge in [-0.05, 0) is 31.5 Å². The SMILES string of the molecule is C/C(=C\C=C/c1ccoc1)C(=O)c1cc(C)co1. The van der Waals surface area contributed by atoms with E-state index in [1.54, 1.807) is 37.9 Å². The fourth-order valence-electron chi connectivity index (χ4n) is 1.49. The molecule has 18 heavy (non-hydrogen) atoms. The number of furan rings is 2. The van der Waals surface area contributed by atoms with Gasteiger partial charge in [0.05, 0.1) is 18.8 Å². The molecular weight excluding hydrogens is 228 g/mol. The molecule has 2 heterocycles. The van der Waals surface area contributed by atoms with Crippen molar-refractivity contribution in [3.05, 3.63) is 65.5 Å². The van der Waals surface area contributed by atoms with Crippen molar-refractivity contribution in [1.82, 2.24) is 0 Å². The first-order chi connectivity index (χ1) is 8.66. The number of hydrogen-bond acceptors (Lipinski definition) is 3. The fraction of sp³-hybridized carbons (Fsp3) is 0.133. The van der Waals surface area contributed by atoms with E-state index in [-0.39, 0.29) is 5.78 Å². The van der Waals surface area contributed by atoms with E-state index >= 15 is 0 Å². The number of carbonyl (C=O) groups excluding carboxylic acids is 1. The van der Waals surface area contributed by atoms with Gasteiger partial charge in [-0.3, -0.25) is 4.79 Å². The first kappa shape index (κ1) is 12.2. The van der Waals surface area contributed by atoms with Gasteiger partial charge in [0.25, 0.3) is 0 Å². The number of allylic oxidation sites excluding steroid dienone is 3. The van der Waals surface area contributed by atoms with E-state index < -0.39 is 0 Å². The van der Waals surface area contributed by atoms with Crippen molar-refractivity contribution in [3.63, 3.8) is 0 Å². The second-order valence-electron chi connectivity index (χ2n) is 4.08. The standard InChI is InChI=1S/C15H14O3/c1-11-8-14(18-9-11)15(16)12(2)4-3-5-13-6-7-17-10-13/h3-10H,1-2H3/b5-3-,12-4+. The molecule has 3 nitrogen and oxygen atoms in total. The molecule has 0 spiro atoms. The summed E-state index contributed by atoms with van der Waals surface area (Å²) < 4.78 is 10.1. The maximum atomic E-state index is 11.9. The zero-order valence-corrected chi connectivity index (χ0v) is 10.3. The number of aryl methyl sites for hydroxylation is 1. The molecule has 0 amide bonds. The van der Waals surface area contributed by atoms with Crippen LogP contribution in [-0.4, -0.2) is 5.78 Å². The molecule has 0 aromatic carbocycles. The smallest absolute Gasteiger partial charge is 0.223 e. The van der Waals surface area contributed by atoms with Gasteiger partial charge in [-0.1, -0.05) is 18.2 Å². The lowest BCUT2D eigenvalue weighted by atomic mass is 10.1. The summed E-state index contributed by atoms with van der Waals surface area (Å²) in [6, 6.07) is 3.58. The van der Waals surface area contributed by atoms with Gasteiger partial charge in [0.1, 0.15) is 0 Å². The predicted molar refractivity (Wildman–Crippen MR) is 69.3 cm³/mol. The Morgan fingerprint density at radius 2 is 2.17 bits per heavy atom. The summed E-state index contributed by atoms with van der Waals surface area (Å²) in [6.45, 7) is 3.65. The second kappa shape index (κ2) is 5.36. The number of ketones is 1. The fourth-order valence-corrected chi connectivity index (χ4v) is 1.49. The summed E-state index contributed by atoms with van der Waals surface area (Å²) in [5.74, 6) is 0.276. The minimum absolute atomic E-state index is 0.0973. The lowest BCUT2D eigenvalue weighted by molar-refractivity contribution is 0.100. The molecule has 0 aliphatic carbocycles. The first-order valence-corrected chi connectivity index (χ1v) is 5.64. The molecule has 0 aliphatic heterocycles. The van der Waals surface area contributed by atoms with Gasteiger partial charge in [0.2, 0.25) is 5.78 Å². The minimum atomic E-state index is -0.0973. The van der Waals surface area contributed by atoms with E-state index in [1.807, 2.05) is 25.1 Å². The van der Waals surface area contributed by atoms with Crippen LogP contribution in [0, 0.1) is 6.92 Å². The zero-order valence-electron chi connectivity index (χ0n) is 10.3. The maximum Gasteiger partial charge on any atom is 0.223 e. The van der Waals surface area contributed by atoms with Crippen LogP contribution < -0.4 is 0 Å². The van der Waals surface area contributed by atoms with Gasteiger partial charge in [0, 0.05) is 11.1 Å². The van der Waals surface area contributed by atoms with E-state index in [1.165, 1.54) is 0 Å². The van der Waals surface area contributed by atoms with Crippen LogP contribution in [0.4, 0.5) is 0 Å². The van der Waals surface area contributed by atoms with E-state index in [2.05, 4.69) is 0 Å². The lowest BCUT2D eigenvalue weighted by Gasteiger charge is -1.94. The summed E-state index contributed by atoms with van der Waals surface area (Å²) in [5.41, 5.74) is 2.53. The molecule has 0 N–H and O–H groups in total. The molecule has 2 rings (SSSR count). The molecule has 0 atom stereocenters. The van der Waals surface area contributed by atoms with Crippen LogP contribution in [0.25, 0.3) is 6.08 Å². The highest BCUT2D eigenvalue weighted by molar-refractivity contribution is 6.06. The Balaban J connectivity index is 2.07. The van der Waals surface area contributed by atoms with Gasteiger partial charge in [-0.2, -0.15) is 0 Å². The highest BCUT2D eigenvalue weighted by Crippen LogP contribution is 2.12. The van der Waals surface area contributed by atoms with Crippen LogP contribution >= 0.6 is 0 Å².